The predicted octanol–water partition coefficient (Wildman–Crippen LogP) is 1.92. The summed E-state index contributed by atoms with van der Waals surface area (Å²) in [7, 11) is 3.90. The van der Waals surface area contributed by atoms with Crippen LogP contribution in [0, 0.1) is 0 Å². The Kier molecular flexibility index (Phi) is 4.19. The van der Waals surface area contributed by atoms with E-state index in [1.165, 1.54) is 0 Å². The van der Waals surface area contributed by atoms with Crippen molar-refractivity contribution in [3.8, 4) is 0 Å². The molecule has 1 atom stereocenters. The molecule has 0 aliphatic rings. The highest BCUT2D eigenvalue weighted by molar-refractivity contribution is 5.89. The van der Waals surface area contributed by atoms with Crippen molar-refractivity contribution in [2.75, 3.05) is 14.1 Å². The molecule has 0 amide bonds. The second-order valence-electron chi connectivity index (χ2n) is 4.48. The van der Waals surface area contributed by atoms with Crippen LogP contribution >= 0.6 is 0 Å². The molecule has 3 heteroatoms. The summed E-state index contributed by atoms with van der Waals surface area (Å²) in [6.07, 6.45) is 4.75. The van der Waals surface area contributed by atoms with Crippen LogP contribution in [0.2, 0.25) is 0 Å². The average molecular weight is 220 g/mol. The van der Waals surface area contributed by atoms with Gasteiger partial charge < -0.3 is 0 Å². The monoisotopic (exact) mass is 220 g/mol. The Morgan fingerprint density at radius 2 is 2.19 bits per heavy atom. The van der Waals surface area contributed by atoms with E-state index in [2.05, 4.69) is 4.98 Å². The minimum absolute atomic E-state index is 0.244. The van der Waals surface area contributed by atoms with Crippen LogP contribution in [0.25, 0.3) is 0 Å². The third-order valence-corrected chi connectivity index (χ3v) is 3.36. The lowest BCUT2D eigenvalue weighted by Gasteiger charge is -2.34. The van der Waals surface area contributed by atoms with E-state index in [-0.39, 0.29) is 11.3 Å². The number of carbonyl (C=O) groups excluding carboxylic acids is 1. The van der Waals surface area contributed by atoms with Crippen molar-refractivity contribution in [2.45, 2.75) is 32.2 Å². The first kappa shape index (κ1) is 12.8. The first-order chi connectivity index (χ1) is 7.50. The highest BCUT2D eigenvalue weighted by Crippen LogP contribution is 2.19. The van der Waals surface area contributed by atoms with Crippen LogP contribution in [0.4, 0.5) is 0 Å². The van der Waals surface area contributed by atoms with Gasteiger partial charge >= 0.3 is 0 Å². The van der Waals surface area contributed by atoms with Gasteiger partial charge in [-0.15, -0.1) is 0 Å². The third-order valence-electron chi connectivity index (χ3n) is 3.36. The molecule has 0 aromatic carbocycles. The highest BCUT2D eigenvalue weighted by Gasteiger charge is 2.32. The van der Waals surface area contributed by atoms with Crippen LogP contribution in [0.1, 0.15) is 25.8 Å². The molecule has 1 heterocycles. The fourth-order valence-corrected chi connectivity index (χ4v) is 1.64. The third kappa shape index (κ3) is 2.67. The summed E-state index contributed by atoms with van der Waals surface area (Å²) in [4.78, 5) is 18.3. The van der Waals surface area contributed by atoms with Crippen molar-refractivity contribution in [1.29, 1.82) is 0 Å². The second-order valence-corrected chi connectivity index (χ2v) is 4.48. The molecule has 0 saturated heterocycles. The van der Waals surface area contributed by atoms with E-state index in [1.807, 2.05) is 45.0 Å². The van der Waals surface area contributed by atoms with Crippen molar-refractivity contribution < 1.29 is 4.79 Å². The van der Waals surface area contributed by atoms with E-state index in [0.717, 1.165) is 12.0 Å². The van der Waals surface area contributed by atoms with Crippen molar-refractivity contribution >= 4 is 5.78 Å². The molecule has 1 aromatic heterocycles. The summed E-state index contributed by atoms with van der Waals surface area (Å²) in [5.74, 6) is 0.244. The van der Waals surface area contributed by atoms with E-state index in [9.17, 15) is 4.79 Å². The van der Waals surface area contributed by atoms with Gasteiger partial charge in [0.2, 0.25) is 0 Å². The van der Waals surface area contributed by atoms with Gasteiger partial charge in [0.15, 0.2) is 5.78 Å². The molecule has 0 aliphatic heterocycles. The number of pyridine rings is 1. The molecule has 0 radical (unpaired) electrons. The lowest BCUT2D eigenvalue weighted by Crippen LogP contribution is -2.48. The minimum atomic E-state index is -0.379. The zero-order valence-corrected chi connectivity index (χ0v) is 10.5. The Morgan fingerprint density at radius 1 is 1.50 bits per heavy atom. The maximum atomic E-state index is 12.2. The van der Waals surface area contributed by atoms with Crippen molar-refractivity contribution in [3.05, 3.63) is 30.1 Å². The molecule has 88 valence electrons. The van der Waals surface area contributed by atoms with E-state index in [0.29, 0.717) is 6.42 Å². The molecule has 1 rings (SSSR count). The lowest BCUT2D eigenvalue weighted by atomic mass is 9.88. The Labute approximate surface area is 97.5 Å². The van der Waals surface area contributed by atoms with Gasteiger partial charge in [0, 0.05) is 18.8 Å². The SMILES string of the molecule is CCC(C)(C(=O)Cc1cccnc1)N(C)C. The van der Waals surface area contributed by atoms with E-state index < -0.39 is 0 Å². The van der Waals surface area contributed by atoms with E-state index in [4.69, 9.17) is 0 Å². The number of nitrogens with zero attached hydrogens (tertiary/aromatic N) is 2. The fourth-order valence-electron chi connectivity index (χ4n) is 1.64. The van der Waals surface area contributed by atoms with Crippen LogP contribution in [-0.2, 0) is 11.2 Å². The van der Waals surface area contributed by atoms with Crippen molar-refractivity contribution in [1.82, 2.24) is 9.88 Å². The molecular formula is C13H20N2O. The molecule has 16 heavy (non-hydrogen) atoms. The maximum absolute atomic E-state index is 12.2. The molecule has 1 aromatic rings. The topological polar surface area (TPSA) is 33.2 Å². The maximum Gasteiger partial charge on any atom is 0.157 e. The summed E-state index contributed by atoms with van der Waals surface area (Å²) in [6, 6.07) is 3.80. The summed E-state index contributed by atoms with van der Waals surface area (Å²) in [5.41, 5.74) is 0.601. The Balaban J connectivity index is 2.79. The fraction of sp³-hybridized carbons (Fsp3) is 0.538. The molecule has 0 spiro atoms. The van der Waals surface area contributed by atoms with Gasteiger partial charge in [-0.05, 0) is 39.1 Å². The van der Waals surface area contributed by atoms with Gasteiger partial charge in [-0.25, -0.2) is 0 Å². The standard InChI is InChI=1S/C13H20N2O/c1-5-13(2,15(3)4)12(16)9-11-7-6-8-14-10-11/h6-8,10H,5,9H2,1-4H3. The smallest absolute Gasteiger partial charge is 0.157 e. The van der Waals surface area contributed by atoms with Crippen molar-refractivity contribution in [3.63, 3.8) is 0 Å². The number of hydrogen-bond acceptors (Lipinski definition) is 3. The van der Waals surface area contributed by atoms with E-state index >= 15 is 0 Å². The van der Waals surface area contributed by atoms with Gasteiger partial charge in [0.05, 0.1) is 5.54 Å². The van der Waals surface area contributed by atoms with Gasteiger partial charge in [-0.3, -0.25) is 14.7 Å². The predicted molar refractivity (Wildman–Crippen MR) is 65.3 cm³/mol. The molecule has 1 unspecified atom stereocenters. The highest BCUT2D eigenvalue weighted by atomic mass is 16.1. The number of carbonyl (C=O) groups is 1. The largest absolute Gasteiger partial charge is 0.297 e. The van der Waals surface area contributed by atoms with Gasteiger partial charge in [-0.2, -0.15) is 0 Å². The Morgan fingerprint density at radius 3 is 2.62 bits per heavy atom. The van der Waals surface area contributed by atoms with Crippen LogP contribution in [0.5, 0.6) is 0 Å². The van der Waals surface area contributed by atoms with Gasteiger partial charge in [0.1, 0.15) is 0 Å². The van der Waals surface area contributed by atoms with Crippen LogP contribution in [0.15, 0.2) is 24.5 Å². The normalized spacial score (nSPS) is 14.8. The molecule has 0 aliphatic carbocycles. The first-order valence-corrected chi connectivity index (χ1v) is 5.60. The van der Waals surface area contributed by atoms with Gasteiger partial charge in [-0.1, -0.05) is 13.0 Å². The van der Waals surface area contributed by atoms with Crippen LogP contribution in [-0.4, -0.2) is 35.3 Å². The lowest BCUT2D eigenvalue weighted by molar-refractivity contribution is -0.128. The Bertz CT molecular complexity index is 348. The zero-order chi connectivity index (χ0) is 12.2. The quantitative estimate of drug-likeness (QED) is 0.760. The second kappa shape index (κ2) is 5.21. The zero-order valence-electron chi connectivity index (χ0n) is 10.5. The van der Waals surface area contributed by atoms with Gasteiger partial charge in [0.25, 0.3) is 0 Å². The average Bonchev–Trinajstić information content (AvgIpc) is 2.28. The van der Waals surface area contributed by atoms with Crippen molar-refractivity contribution in [2.24, 2.45) is 0 Å². The molecule has 0 saturated carbocycles. The first-order valence-electron chi connectivity index (χ1n) is 5.60. The molecule has 0 bridgehead atoms. The minimum Gasteiger partial charge on any atom is -0.297 e. The Hall–Kier alpha value is -1.22. The van der Waals surface area contributed by atoms with Crippen LogP contribution < -0.4 is 0 Å². The molecular weight excluding hydrogens is 200 g/mol. The summed E-state index contributed by atoms with van der Waals surface area (Å²) >= 11 is 0. The molecule has 3 nitrogen and oxygen atoms in total. The number of hydrogen-bond donors (Lipinski definition) is 0. The number of aromatic nitrogens is 1. The number of rotatable bonds is 5. The summed E-state index contributed by atoms with van der Waals surface area (Å²) in [6.45, 7) is 4.03. The van der Waals surface area contributed by atoms with Crippen LogP contribution in [0.3, 0.4) is 0 Å². The number of likely N-dealkylation sites (N-methyl/N-ethyl adjacent to an activating group) is 1. The molecule has 0 N–H and O–H groups in total. The number of ketones is 1. The molecule has 0 fully saturated rings. The number of Topliss-reactive ketones (excluding diaryl/α,β-unsaturated/α-hetero) is 1. The summed E-state index contributed by atoms with van der Waals surface area (Å²) in [5, 5.41) is 0. The summed E-state index contributed by atoms with van der Waals surface area (Å²) < 4.78 is 0. The van der Waals surface area contributed by atoms with E-state index in [1.54, 1.807) is 12.4 Å².